The third-order valence-corrected chi connectivity index (χ3v) is 5.65. The highest BCUT2D eigenvalue weighted by Gasteiger charge is 2.25. The zero-order chi connectivity index (χ0) is 21.3. The number of anilines is 1. The Labute approximate surface area is 175 Å². The van der Waals surface area contributed by atoms with Crippen LogP contribution >= 0.6 is 0 Å². The van der Waals surface area contributed by atoms with Crippen molar-refractivity contribution >= 4 is 11.7 Å². The van der Waals surface area contributed by atoms with Crippen LogP contribution in [0.2, 0.25) is 0 Å². The molecule has 4 rings (SSSR count). The van der Waals surface area contributed by atoms with E-state index < -0.39 is 0 Å². The Balaban J connectivity index is 1.54. The van der Waals surface area contributed by atoms with Crippen LogP contribution in [0.5, 0.6) is 0 Å². The summed E-state index contributed by atoms with van der Waals surface area (Å²) in [5.41, 5.74) is 3.57. The Kier molecular flexibility index (Phi) is 5.53. The summed E-state index contributed by atoms with van der Waals surface area (Å²) in [5, 5.41) is 8.42. The zero-order valence-electron chi connectivity index (χ0n) is 17.6. The first-order valence-electron chi connectivity index (χ1n) is 10.2. The third kappa shape index (κ3) is 3.79. The molecule has 2 aromatic heterocycles. The number of hydrogen-bond donors (Lipinski definition) is 0. The van der Waals surface area contributed by atoms with E-state index in [0.717, 1.165) is 35.9 Å². The van der Waals surface area contributed by atoms with Crippen LogP contribution in [-0.2, 0) is 0 Å². The summed E-state index contributed by atoms with van der Waals surface area (Å²) in [6, 6.07) is 12.4. The van der Waals surface area contributed by atoms with Crippen molar-refractivity contribution in [3.8, 4) is 5.69 Å². The van der Waals surface area contributed by atoms with Crippen molar-refractivity contribution in [2.24, 2.45) is 0 Å². The van der Waals surface area contributed by atoms with Gasteiger partial charge in [0.1, 0.15) is 5.82 Å². The van der Waals surface area contributed by atoms with Crippen LogP contribution in [0.15, 0.2) is 42.5 Å². The highest BCUT2D eigenvalue weighted by atomic mass is 19.1. The van der Waals surface area contributed by atoms with Crippen LogP contribution < -0.4 is 4.90 Å². The smallest absolute Gasteiger partial charge is 0.255 e. The molecule has 1 amide bonds. The van der Waals surface area contributed by atoms with Crippen molar-refractivity contribution in [1.82, 2.24) is 19.7 Å². The molecular formula is C23H26FN5O. The molecule has 1 aliphatic rings. The Morgan fingerprint density at radius 3 is 2.50 bits per heavy atom. The van der Waals surface area contributed by atoms with Crippen molar-refractivity contribution in [2.75, 3.05) is 31.1 Å². The maximum atomic E-state index is 14.4. The van der Waals surface area contributed by atoms with Gasteiger partial charge in [-0.15, -0.1) is 5.10 Å². The summed E-state index contributed by atoms with van der Waals surface area (Å²) in [6.07, 6.45) is 0.855. The van der Waals surface area contributed by atoms with Gasteiger partial charge in [0.2, 0.25) is 0 Å². The number of amides is 1. The molecule has 30 heavy (non-hydrogen) atoms. The number of aryl methyl sites for hydroxylation is 2. The van der Waals surface area contributed by atoms with E-state index in [1.165, 1.54) is 6.07 Å². The zero-order valence-corrected chi connectivity index (χ0v) is 17.6. The second-order valence-corrected chi connectivity index (χ2v) is 7.74. The maximum absolute atomic E-state index is 14.4. The van der Waals surface area contributed by atoms with Crippen molar-refractivity contribution in [3.63, 3.8) is 0 Å². The Morgan fingerprint density at radius 2 is 1.77 bits per heavy atom. The molecule has 0 radical (unpaired) electrons. The molecule has 0 atom stereocenters. The fraction of sp³-hybridized carbons (Fsp3) is 0.348. The number of carbonyl (C=O) groups excluding carboxylic acids is 1. The number of carbonyl (C=O) groups is 1. The van der Waals surface area contributed by atoms with Gasteiger partial charge in [-0.25, -0.2) is 4.39 Å². The standard InChI is InChI=1S/C23H26FN5O/c1-16-9-10-22(26-25-16)27-11-6-12-28(14-13-27)23(30)19-15-17(2)29(18(19)3)21-8-5-4-7-20(21)24/h4-5,7-10,15H,6,11-14H2,1-3H3. The number of para-hydroxylation sites is 1. The van der Waals surface area contributed by atoms with Crippen molar-refractivity contribution in [3.05, 3.63) is 70.9 Å². The lowest BCUT2D eigenvalue weighted by Crippen LogP contribution is -2.35. The molecule has 0 N–H and O–H groups in total. The van der Waals surface area contributed by atoms with E-state index in [1.54, 1.807) is 18.2 Å². The molecule has 0 unspecified atom stereocenters. The topological polar surface area (TPSA) is 54.3 Å². The molecule has 1 saturated heterocycles. The van der Waals surface area contributed by atoms with Gasteiger partial charge in [-0.3, -0.25) is 4.79 Å². The average molecular weight is 407 g/mol. The fourth-order valence-electron chi connectivity index (χ4n) is 4.06. The number of nitrogens with zero attached hydrogens (tertiary/aromatic N) is 5. The first-order valence-corrected chi connectivity index (χ1v) is 10.2. The SMILES string of the molecule is Cc1ccc(N2CCCN(C(=O)c3cc(C)n(-c4ccccc4F)c3C)CC2)nn1. The molecule has 3 heterocycles. The van der Waals surface area contributed by atoms with Crippen molar-refractivity contribution in [2.45, 2.75) is 27.2 Å². The number of aromatic nitrogens is 3. The number of halogens is 1. The summed E-state index contributed by atoms with van der Waals surface area (Å²) in [6.45, 7) is 8.51. The van der Waals surface area contributed by atoms with Gasteiger partial charge in [-0.05, 0) is 57.5 Å². The Hall–Kier alpha value is -3.22. The van der Waals surface area contributed by atoms with E-state index >= 15 is 0 Å². The summed E-state index contributed by atoms with van der Waals surface area (Å²) in [5.74, 6) is 0.526. The highest BCUT2D eigenvalue weighted by molar-refractivity contribution is 5.96. The van der Waals surface area contributed by atoms with Crippen LogP contribution in [0.25, 0.3) is 5.69 Å². The molecule has 3 aromatic rings. The van der Waals surface area contributed by atoms with Gasteiger partial charge in [0.15, 0.2) is 5.82 Å². The minimum absolute atomic E-state index is 0.0115. The fourth-order valence-corrected chi connectivity index (χ4v) is 4.06. The van der Waals surface area contributed by atoms with E-state index in [0.29, 0.717) is 30.9 Å². The molecule has 1 aliphatic heterocycles. The maximum Gasteiger partial charge on any atom is 0.255 e. The minimum Gasteiger partial charge on any atom is -0.353 e. The van der Waals surface area contributed by atoms with Gasteiger partial charge in [-0.2, -0.15) is 5.10 Å². The van der Waals surface area contributed by atoms with Gasteiger partial charge < -0.3 is 14.4 Å². The minimum atomic E-state index is -0.303. The molecule has 0 bridgehead atoms. The molecule has 6 nitrogen and oxygen atoms in total. The lowest BCUT2D eigenvalue weighted by Gasteiger charge is -2.22. The van der Waals surface area contributed by atoms with Crippen LogP contribution in [0.4, 0.5) is 10.2 Å². The van der Waals surface area contributed by atoms with Crippen LogP contribution in [-0.4, -0.2) is 51.8 Å². The average Bonchev–Trinajstić information content (AvgIpc) is 2.90. The number of hydrogen-bond acceptors (Lipinski definition) is 4. The van der Waals surface area contributed by atoms with E-state index in [2.05, 4.69) is 15.1 Å². The molecule has 0 saturated carbocycles. The lowest BCUT2D eigenvalue weighted by molar-refractivity contribution is 0.0766. The van der Waals surface area contributed by atoms with E-state index in [1.807, 2.05) is 48.4 Å². The molecule has 7 heteroatoms. The first kappa shape index (κ1) is 20.1. The van der Waals surface area contributed by atoms with Gasteiger partial charge in [0, 0.05) is 37.6 Å². The predicted molar refractivity (Wildman–Crippen MR) is 115 cm³/mol. The lowest BCUT2D eigenvalue weighted by atomic mass is 10.2. The van der Waals surface area contributed by atoms with E-state index in [4.69, 9.17) is 0 Å². The summed E-state index contributed by atoms with van der Waals surface area (Å²) >= 11 is 0. The number of rotatable bonds is 3. The summed E-state index contributed by atoms with van der Waals surface area (Å²) in [7, 11) is 0. The predicted octanol–water partition coefficient (Wildman–Crippen LogP) is 3.68. The Bertz CT molecular complexity index is 1060. The number of benzene rings is 1. The monoisotopic (exact) mass is 407 g/mol. The highest BCUT2D eigenvalue weighted by Crippen LogP contribution is 2.24. The third-order valence-electron chi connectivity index (χ3n) is 5.65. The van der Waals surface area contributed by atoms with E-state index in [-0.39, 0.29) is 11.7 Å². The van der Waals surface area contributed by atoms with Gasteiger partial charge in [0.25, 0.3) is 5.91 Å². The molecule has 0 aliphatic carbocycles. The van der Waals surface area contributed by atoms with Crippen molar-refractivity contribution in [1.29, 1.82) is 0 Å². The second kappa shape index (κ2) is 8.26. The molecule has 1 fully saturated rings. The first-order chi connectivity index (χ1) is 14.5. The van der Waals surface area contributed by atoms with Crippen LogP contribution in [0.3, 0.4) is 0 Å². The normalized spacial score (nSPS) is 14.7. The Morgan fingerprint density at radius 1 is 0.967 bits per heavy atom. The van der Waals surface area contributed by atoms with E-state index in [9.17, 15) is 9.18 Å². The van der Waals surface area contributed by atoms with Gasteiger partial charge in [-0.1, -0.05) is 12.1 Å². The quantitative estimate of drug-likeness (QED) is 0.665. The van der Waals surface area contributed by atoms with Gasteiger partial charge >= 0.3 is 0 Å². The molecule has 156 valence electrons. The largest absolute Gasteiger partial charge is 0.353 e. The summed E-state index contributed by atoms with van der Waals surface area (Å²) in [4.78, 5) is 17.4. The van der Waals surface area contributed by atoms with Gasteiger partial charge in [0.05, 0.1) is 16.9 Å². The molecular weight excluding hydrogens is 381 g/mol. The molecule has 1 aromatic carbocycles. The molecule has 0 spiro atoms. The van der Waals surface area contributed by atoms with Crippen LogP contribution in [0.1, 0.15) is 33.9 Å². The van der Waals surface area contributed by atoms with Crippen molar-refractivity contribution < 1.29 is 9.18 Å². The van der Waals surface area contributed by atoms with Crippen LogP contribution in [0, 0.1) is 26.6 Å². The summed E-state index contributed by atoms with van der Waals surface area (Å²) < 4.78 is 16.2. The second-order valence-electron chi connectivity index (χ2n) is 7.74.